The molecular weight excluding hydrogens is 410 g/mol. The van der Waals surface area contributed by atoms with Gasteiger partial charge in [-0.2, -0.15) is 4.31 Å². The van der Waals surface area contributed by atoms with Gasteiger partial charge in [-0.1, -0.05) is 6.07 Å². The van der Waals surface area contributed by atoms with Crippen molar-refractivity contribution in [1.29, 1.82) is 0 Å². The van der Waals surface area contributed by atoms with Crippen LogP contribution in [0.3, 0.4) is 0 Å². The van der Waals surface area contributed by atoms with Gasteiger partial charge in [-0.3, -0.25) is 9.59 Å². The van der Waals surface area contributed by atoms with Gasteiger partial charge < -0.3 is 10.3 Å². The van der Waals surface area contributed by atoms with Crippen LogP contribution in [-0.4, -0.2) is 36.7 Å². The Bertz CT molecular complexity index is 954. The number of carbonyl (C=O) groups excluding carboxylic acids is 1. The van der Waals surface area contributed by atoms with E-state index < -0.39 is 21.5 Å². The highest BCUT2D eigenvalue weighted by Gasteiger charge is 2.24. The highest BCUT2D eigenvalue weighted by atomic mass is 79.9. The van der Waals surface area contributed by atoms with Crippen molar-refractivity contribution >= 4 is 37.5 Å². The molecule has 0 fully saturated rings. The first-order chi connectivity index (χ1) is 11.6. The summed E-state index contributed by atoms with van der Waals surface area (Å²) < 4.78 is 26.9. The van der Waals surface area contributed by atoms with Crippen molar-refractivity contribution in [3.05, 3.63) is 56.9 Å². The van der Waals surface area contributed by atoms with Crippen LogP contribution in [0.2, 0.25) is 0 Å². The summed E-state index contributed by atoms with van der Waals surface area (Å²) in [5.41, 5.74) is -0.260. The van der Waals surface area contributed by atoms with Crippen LogP contribution in [0.5, 0.6) is 0 Å². The van der Waals surface area contributed by atoms with Gasteiger partial charge in [0, 0.05) is 29.3 Å². The third-order valence-electron chi connectivity index (χ3n) is 3.62. The fourth-order valence-electron chi connectivity index (χ4n) is 1.99. The van der Waals surface area contributed by atoms with Gasteiger partial charge in [0.05, 0.1) is 4.90 Å². The molecule has 0 bridgehead atoms. The van der Waals surface area contributed by atoms with Gasteiger partial charge in [0.2, 0.25) is 10.0 Å². The minimum Gasteiger partial charge on any atom is -0.326 e. The van der Waals surface area contributed by atoms with Crippen molar-refractivity contribution < 1.29 is 13.2 Å². The minimum atomic E-state index is -3.70. The number of carbonyl (C=O) groups is 1. The fourth-order valence-corrected chi connectivity index (χ4v) is 3.74. The van der Waals surface area contributed by atoms with Crippen LogP contribution in [0, 0.1) is 0 Å². The zero-order valence-corrected chi connectivity index (χ0v) is 16.3. The van der Waals surface area contributed by atoms with Crippen LogP contribution in [0.4, 0.5) is 5.69 Å². The van der Waals surface area contributed by atoms with E-state index in [1.54, 1.807) is 13.8 Å². The lowest BCUT2D eigenvalue weighted by Crippen LogP contribution is -2.33. The first kappa shape index (κ1) is 19.4. The van der Waals surface area contributed by atoms with Crippen LogP contribution < -0.4 is 10.9 Å². The average molecular weight is 428 g/mol. The molecule has 0 aliphatic carbocycles. The van der Waals surface area contributed by atoms with Crippen LogP contribution in [0.25, 0.3) is 0 Å². The van der Waals surface area contributed by atoms with Gasteiger partial charge in [0.1, 0.15) is 5.69 Å². The molecule has 7 nitrogen and oxygen atoms in total. The molecule has 1 amide bonds. The monoisotopic (exact) mass is 427 g/mol. The van der Waals surface area contributed by atoms with Gasteiger partial charge in [0.25, 0.3) is 11.5 Å². The Balaban J connectivity index is 2.34. The normalized spacial score (nSPS) is 11.8. The predicted octanol–water partition coefficient (Wildman–Crippen LogP) is 2.42. The van der Waals surface area contributed by atoms with Crippen LogP contribution >= 0.6 is 15.9 Å². The van der Waals surface area contributed by atoms with E-state index in [0.29, 0.717) is 4.47 Å². The lowest BCUT2D eigenvalue weighted by atomic mass is 10.2. The SMILES string of the molecule is CC(C)N(C)S(=O)(=O)c1cccc(C(=O)Nc2cc(Br)c[nH]c2=O)c1. The van der Waals surface area contributed by atoms with Gasteiger partial charge in [-0.05, 0) is 54.0 Å². The first-order valence-corrected chi connectivity index (χ1v) is 9.64. The van der Waals surface area contributed by atoms with Gasteiger partial charge >= 0.3 is 0 Å². The number of aromatic amines is 1. The van der Waals surface area contributed by atoms with Crippen molar-refractivity contribution in [3.63, 3.8) is 0 Å². The minimum absolute atomic E-state index is 0.0134. The topological polar surface area (TPSA) is 99.3 Å². The largest absolute Gasteiger partial charge is 0.326 e. The number of anilines is 1. The molecule has 2 N–H and O–H groups in total. The Morgan fingerprint density at radius 1 is 1.28 bits per heavy atom. The van der Waals surface area contributed by atoms with Crippen LogP contribution in [0.15, 0.2) is 50.7 Å². The number of H-pyrrole nitrogens is 1. The molecular formula is C16H18BrN3O4S. The standard InChI is InChI=1S/C16H18BrN3O4S/c1-10(2)20(3)25(23,24)13-6-4-5-11(7-13)15(21)19-14-8-12(17)9-18-16(14)22/h4-10H,1-3H3,(H,18,22)(H,19,21). The Morgan fingerprint density at radius 2 is 1.96 bits per heavy atom. The smallest absolute Gasteiger partial charge is 0.271 e. The molecule has 0 aliphatic heterocycles. The molecule has 0 unspecified atom stereocenters. The maximum atomic E-state index is 12.5. The van der Waals surface area contributed by atoms with E-state index in [0.717, 1.165) is 0 Å². The summed E-state index contributed by atoms with van der Waals surface area (Å²) in [6, 6.07) is 6.93. The number of nitrogens with one attached hydrogen (secondary N) is 2. The number of rotatable bonds is 5. The number of aromatic nitrogens is 1. The van der Waals surface area contributed by atoms with E-state index >= 15 is 0 Å². The van der Waals surface area contributed by atoms with Crippen molar-refractivity contribution in [3.8, 4) is 0 Å². The van der Waals surface area contributed by atoms with Gasteiger partial charge in [-0.15, -0.1) is 0 Å². The lowest BCUT2D eigenvalue weighted by molar-refractivity contribution is 0.102. The number of benzene rings is 1. The summed E-state index contributed by atoms with van der Waals surface area (Å²) in [6.07, 6.45) is 1.45. The van der Waals surface area contributed by atoms with Crippen molar-refractivity contribution in [2.45, 2.75) is 24.8 Å². The summed E-state index contributed by atoms with van der Waals surface area (Å²) in [5, 5.41) is 2.48. The number of hydrogen-bond donors (Lipinski definition) is 2. The molecule has 1 aromatic carbocycles. The second kappa shape index (κ2) is 7.51. The van der Waals surface area contributed by atoms with E-state index in [9.17, 15) is 18.0 Å². The molecule has 0 saturated heterocycles. The Morgan fingerprint density at radius 3 is 2.60 bits per heavy atom. The Labute approximate surface area is 154 Å². The number of sulfonamides is 1. The quantitative estimate of drug-likeness (QED) is 0.764. The maximum Gasteiger partial charge on any atom is 0.271 e. The Kier molecular flexibility index (Phi) is 5.81. The van der Waals surface area contributed by atoms with E-state index in [4.69, 9.17) is 0 Å². The third-order valence-corrected chi connectivity index (χ3v) is 6.10. The van der Waals surface area contributed by atoms with Crippen molar-refractivity contribution in [2.24, 2.45) is 0 Å². The predicted molar refractivity (Wildman–Crippen MR) is 99.2 cm³/mol. The van der Waals surface area contributed by atoms with Crippen LogP contribution in [-0.2, 0) is 10.0 Å². The number of amides is 1. The molecule has 1 heterocycles. The average Bonchev–Trinajstić information content (AvgIpc) is 2.57. The summed E-state index contributed by atoms with van der Waals surface area (Å²) in [4.78, 5) is 26.6. The van der Waals surface area contributed by atoms with Gasteiger partial charge in [0.15, 0.2) is 0 Å². The molecule has 1 aromatic heterocycles. The van der Waals surface area contributed by atoms with E-state index in [-0.39, 0.29) is 22.2 Å². The summed E-state index contributed by atoms with van der Waals surface area (Å²) in [5.74, 6) is -0.576. The number of pyridine rings is 1. The zero-order chi connectivity index (χ0) is 18.8. The Hall–Kier alpha value is -1.97. The first-order valence-electron chi connectivity index (χ1n) is 7.40. The van der Waals surface area contributed by atoms with Crippen molar-refractivity contribution in [2.75, 3.05) is 12.4 Å². The van der Waals surface area contributed by atoms with Gasteiger partial charge in [-0.25, -0.2) is 8.42 Å². The molecule has 25 heavy (non-hydrogen) atoms. The summed E-state index contributed by atoms with van der Waals surface area (Å²) in [6.45, 7) is 3.52. The molecule has 0 aliphatic rings. The summed E-state index contributed by atoms with van der Waals surface area (Å²) >= 11 is 3.20. The number of halogens is 1. The second-order valence-corrected chi connectivity index (χ2v) is 8.57. The molecule has 9 heteroatoms. The van der Waals surface area contributed by atoms with E-state index in [1.807, 2.05) is 0 Å². The molecule has 0 saturated carbocycles. The molecule has 0 atom stereocenters. The molecule has 2 aromatic rings. The molecule has 0 spiro atoms. The maximum absolute atomic E-state index is 12.5. The zero-order valence-electron chi connectivity index (χ0n) is 13.9. The summed E-state index contributed by atoms with van der Waals surface area (Å²) in [7, 11) is -2.22. The van der Waals surface area contributed by atoms with E-state index in [1.165, 1.54) is 47.9 Å². The van der Waals surface area contributed by atoms with Crippen molar-refractivity contribution in [1.82, 2.24) is 9.29 Å². The molecule has 2 rings (SSSR count). The number of hydrogen-bond acceptors (Lipinski definition) is 4. The highest BCUT2D eigenvalue weighted by Crippen LogP contribution is 2.19. The highest BCUT2D eigenvalue weighted by molar-refractivity contribution is 9.10. The van der Waals surface area contributed by atoms with E-state index in [2.05, 4.69) is 26.2 Å². The second-order valence-electron chi connectivity index (χ2n) is 5.66. The third kappa shape index (κ3) is 4.36. The molecule has 0 radical (unpaired) electrons. The number of nitrogens with zero attached hydrogens (tertiary/aromatic N) is 1. The lowest BCUT2D eigenvalue weighted by Gasteiger charge is -2.21. The molecule has 134 valence electrons. The van der Waals surface area contributed by atoms with Crippen LogP contribution in [0.1, 0.15) is 24.2 Å². The fraction of sp³-hybridized carbons (Fsp3) is 0.250.